The van der Waals surface area contributed by atoms with Crippen LogP contribution in [-0.2, 0) is 4.79 Å². The van der Waals surface area contributed by atoms with E-state index < -0.39 is 5.66 Å². The van der Waals surface area contributed by atoms with Gasteiger partial charge in [0.2, 0.25) is 0 Å². The topological polar surface area (TPSA) is 38.8 Å². The lowest BCUT2D eigenvalue weighted by molar-refractivity contribution is -0.108. The first-order valence-corrected chi connectivity index (χ1v) is 10.8. The first kappa shape index (κ1) is 20.8. The molecule has 1 N–H and O–H groups in total. The lowest BCUT2D eigenvalue weighted by Gasteiger charge is -2.35. The predicted octanol–water partition coefficient (Wildman–Crippen LogP) is 3.85. The number of nitrogens with zero attached hydrogens (tertiary/aromatic N) is 3. The van der Waals surface area contributed by atoms with Crippen LogP contribution < -0.4 is 15.1 Å². The Morgan fingerprint density at radius 3 is 2.37 bits per heavy atom. The molecule has 2 aromatic rings. The van der Waals surface area contributed by atoms with Gasteiger partial charge >= 0.3 is 0 Å². The molecule has 0 amide bonds. The van der Waals surface area contributed by atoms with E-state index in [1.807, 2.05) is 24.3 Å². The Labute approximate surface area is 183 Å². The summed E-state index contributed by atoms with van der Waals surface area (Å²) >= 11 is 6.07. The maximum absolute atomic E-state index is 12.2. The number of hydrogen-bond acceptors (Lipinski definition) is 5. The van der Waals surface area contributed by atoms with Crippen molar-refractivity contribution in [1.82, 2.24) is 10.2 Å². The predicted molar refractivity (Wildman–Crippen MR) is 125 cm³/mol. The van der Waals surface area contributed by atoms with E-state index in [-0.39, 0.29) is 6.04 Å². The van der Waals surface area contributed by atoms with Crippen LogP contribution in [0.15, 0.2) is 54.2 Å². The number of benzene rings is 2. The first-order chi connectivity index (χ1) is 14.4. The molecule has 30 heavy (non-hydrogen) atoms. The standard InChI is InChI=1S/C24H29ClN4O/c1-24(2)26-21(23(17-30)29(24)20-10-8-19(25)9-11-20)16-18-6-4-5-7-22(18)28-14-12-27(3)13-15-28/h4-11,16-17,23,26H,12-15H2,1-3H3. The molecule has 2 saturated heterocycles. The Morgan fingerprint density at radius 1 is 1.03 bits per heavy atom. The van der Waals surface area contributed by atoms with E-state index in [4.69, 9.17) is 11.6 Å². The SMILES string of the molecule is CN1CCN(c2ccccc2C=C2NC(C)(C)N(c3ccc(Cl)cc3)C2C=O)CC1. The van der Waals surface area contributed by atoms with Gasteiger partial charge in [0.25, 0.3) is 0 Å². The van der Waals surface area contributed by atoms with Crippen molar-refractivity contribution in [3.05, 3.63) is 64.8 Å². The van der Waals surface area contributed by atoms with Crippen LogP contribution in [0.1, 0.15) is 19.4 Å². The number of anilines is 2. The largest absolute Gasteiger partial charge is 0.368 e. The molecule has 2 aliphatic rings. The maximum Gasteiger partial charge on any atom is 0.148 e. The quantitative estimate of drug-likeness (QED) is 0.755. The second-order valence-corrected chi connectivity index (χ2v) is 9.00. The molecule has 0 aliphatic carbocycles. The summed E-state index contributed by atoms with van der Waals surface area (Å²) in [6.45, 7) is 8.29. The van der Waals surface area contributed by atoms with Gasteiger partial charge in [0.15, 0.2) is 0 Å². The van der Waals surface area contributed by atoms with Gasteiger partial charge in [-0.3, -0.25) is 0 Å². The highest BCUT2D eigenvalue weighted by molar-refractivity contribution is 6.30. The number of hydrogen-bond donors (Lipinski definition) is 1. The summed E-state index contributed by atoms with van der Waals surface area (Å²) in [5, 5.41) is 4.26. The van der Waals surface area contributed by atoms with Gasteiger partial charge in [-0.2, -0.15) is 0 Å². The zero-order valence-corrected chi connectivity index (χ0v) is 18.6. The molecule has 0 bridgehead atoms. The van der Waals surface area contributed by atoms with E-state index >= 15 is 0 Å². The van der Waals surface area contributed by atoms with Gasteiger partial charge in [0.1, 0.15) is 18.0 Å². The number of para-hydroxylation sites is 1. The van der Waals surface area contributed by atoms with Gasteiger partial charge in [-0.1, -0.05) is 29.8 Å². The molecule has 2 aromatic carbocycles. The van der Waals surface area contributed by atoms with Crippen LogP contribution in [0.25, 0.3) is 6.08 Å². The fourth-order valence-corrected chi connectivity index (χ4v) is 4.55. The van der Waals surface area contributed by atoms with Gasteiger partial charge in [-0.25, -0.2) is 0 Å². The summed E-state index contributed by atoms with van der Waals surface area (Å²) in [4.78, 5) is 19.1. The molecule has 0 radical (unpaired) electrons. The van der Waals surface area contributed by atoms with Crippen LogP contribution >= 0.6 is 11.6 Å². The normalized spacial score (nSPS) is 22.9. The van der Waals surface area contributed by atoms with Crippen molar-refractivity contribution in [2.45, 2.75) is 25.6 Å². The minimum atomic E-state index is -0.409. The number of aldehydes is 1. The van der Waals surface area contributed by atoms with Crippen molar-refractivity contribution in [2.75, 3.05) is 43.0 Å². The highest BCUT2D eigenvalue weighted by atomic mass is 35.5. The van der Waals surface area contributed by atoms with Crippen molar-refractivity contribution >= 4 is 35.3 Å². The minimum Gasteiger partial charge on any atom is -0.368 e. The van der Waals surface area contributed by atoms with Crippen molar-refractivity contribution in [3.8, 4) is 0 Å². The fourth-order valence-electron chi connectivity index (χ4n) is 4.43. The Morgan fingerprint density at radius 2 is 1.70 bits per heavy atom. The van der Waals surface area contributed by atoms with E-state index in [1.54, 1.807) is 0 Å². The number of rotatable bonds is 4. The third kappa shape index (κ3) is 4.05. The molecule has 0 spiro atoms. The van der Waals surface area contributed by atoms with E-state index in [0.29, 0.717) is 5.02 Å². The molecular formula is C24H29ClN4O. The Balaban J connectivity index is 1.69. The van der Waals surface area contributed by atoms with Crippen molar-refractivity contribution in [1.29, 1.82) is 0 Å². The summed E-state index contributed by atoms with van der Waals surface area (Å²) in [5.74, 6) is 0. The molecular weight excluding hydrogens is 396 g/mol. The van der Waals surface area contributed by atoms with Crippen LogP contribution in [0, 0.1) is 0 Å². The number of halogens is 1. The molecule has 2 fully saturated rings. The van der Waals surface area contributed by atoms with Crippen LogP contribution in [0.4, 0.5) is 11.4 Å². The third-order valence-electron chi connectivity index (χ3n) is 5.97. The highest BCUT2D eigenvalue weighted by Gasteiger charge is 2.42. The van der Waals surface area contributed by atoms with Crippen molar-refractivity contribution in [3.63, 3.8) is 0 Å². The van der Waals surface area contributed by atoms with Crippen LogP contribution in [0.3, 0.4) is 0 Å². The summed E-state index contributed by atoms with van der Waals surface area (Å²) in [7, 11) is 2.16. The molecule has 1 atom stereocenters. The number of carbonyl (C=O) groups is 1. The second kappa shape index (κ2) is 8.32. The van der Waals surface area contributed by atoms with Gasteiger partial charge in [-0.05, 0) is 62.9 Å². The second-order valence-electron chi connectivity index (χ2n) is 8.56. The minimum absolute atomic E-state index is 0.387. The molecule has 0 saturated carbocycles. The average Bonchev–Trinajstić information content (AvgIpc) is 2.99. The maximum atomic E-state index is 12.2. The van der Waals surface area contributed by atoms with Crippen LogP contribution in [-0.4, -0.2) is 56.1 Å². The zero-order valence-electron chi connectivity index (χ0n) is 17.8. The van der Waals surface area contributed by atoms with Gasteiger partial charge in [0, 0.05) is 48.3 Å². The Hall–Kier alpha value is -2.50. The molecule has 1 unspecified atom stereocenters. The summed E-state index contributed by atoms with van der Waals surface area (Å²) in [6.07, 6.45) is 3.14. The van der Waals surface area contributed by atoms with E-state index in [1.165, 1.54) is 5.69 Å². The average molecular weight is 425 g/mol. The molecule has 2 aliphatic heterocycles. The Bertz CT molecular complexity index is 932. The molecule has 2 heterocycles. The lowest BCUT2D eigenvalue weighted by atomic mass is 10.1. The van der Waals surface area contributed by atoms with Crippen molar-refractivity contribution < 1.29 is 4.79 Å². The van der Waals surface area contributed by atoms with Crippen LogP contribution in [0.2, 0.25) is 5.02 Å². The number of piperazine rings is 1. The smallest absolute Gasteiger partial charge is 0.148 e. The zero-order chi connectivity index (χ0) is 21.3. The van der Waals surface area contributed by atoms with Crippen molar-refractivity contribution in [2.24, 2.45) is 0 Å². The van der Waals surface area contributed by atoms with Crippen LogP contribution in [0.5, 0.6) is 0 Å². The molecule has 6 heteroatoms. The Kier molecular flexibility index (Phi) is 5.76. The number of carbonyl (C=O) groups excluding carboxylic acids is 1. The summed E-state index contributed by atoms with van der Waals surface area (Å²) in [5.41, 5.74) is 3.81. The summed E-state index contributed by atoms with van der Waals surface area (Å²) in [6, 6.07) is 15.7. The number of likely N-dealkylation sites (N-methyl/N-ethyl adjacent to an activating group) is 1. The van der Waals surface area contributed by atoms with E-state index in [9.17, 15) is 4.79 Å². The third-order valence-corrected chi connectivity index (χ3v) is 6.23. The highest BCUT2D eigenvalue weighted by Crippen LogP contribution is 2.35. The van der Waals surface area contributed by atoms with Gasteiger partial charge < -0.3 is 24.8 Å². The molecule has 5 nitrogen and oxygen atoms in total. The molecule has 0 aromatic heterocycles. The van der Waals surface area contributed by atoms with Gasteiger partial charge in [0.05, 0.1) is 0 Å². The molecule has 158 valence electrons. The first-order valence-electron chi connectivity index (χ1n) is 10.4. The lowest BCUT2D eigenvalue weighted by Crippen LogP contribution is -2.48. The summed E-state index contributed by atoms with van der Waals surface area (Å²) < 4.78 is 0. The van der Waals surface area contributed by atoms with E-state index in [2.05, 4.69) is 71.3 Å². The monoisotopic (exact) mass is 424 g/mol. The van der Waals surface area contributed by atoms with Gasteiger partial charge in [-0.15, -0.1) is 0 Å². The fraction of sp³-hybridized carbons (Fsp3) is 0.375. The number of nitrogens with one attached hydrogen (secondary N) is 1. The van der Waals surface area contributed by atoms with E-state index in [0.717, 1.165) is 49.4 Å². The molecule has 4 rings (SSSR count).